The number of nitrogens with two attached hydrogens (primary N) is 1. The summed E-state index contributed by atoms with van der Waals surface area (Å²) in [6, 6.07) is 0.817. The Morgan fingerprint density at radius 3 is 2.57 bits per heavy atom. The van der Waals surface area contributed by atoms with Crippen LogP contribution in [0.15, 0.2) is 6.20 Å². The number of nitrogens with one attached hydrogen (secondary N) is 1. The molecule has 0 atom stereocenters. The van der Waals surface area contributed by atoms with E-state index < -0.39 is 5.91 Å². The molecule has 1 fully saturated rings. The van der Waals surface area contributed by atoms with Crippen LogP contribution in [-0.2, 0) is 11.2 Å². The quantitative estimate of drug-likeness (QED) is 0.780. The maximum absolute atomic E-state index is 12.5. The van der Waals surface area contributed by atoms with Gasteiger partial charge in [0.15, 0.2) is 5.65 Å². The zero-order valence-corrected chi connectivity index (χ0v) is 17.2. The molecule has 1 aliphatic heterocycles. The lowest BCUT2D eigenvalue weighted by atomic mass is 10.0. The molecule has 8 heteroatoms. The predicted molar refractivity (Wildman–Crippen MR) is 107 cm³/mol. The van der Waals surface area contributed by atoms with E-state index >= 15 is 0 Å². The summed E-state index contributed by atoms with van der Waals surface area (Å²) in [5.41, 5.74) is 8.82. The van der Waals surface area contributed by atoms with E-state index in [1.54, 1.807) is 4.52 Å². The molecule has 0 radical (unpaired) electrons. The second-order valence-electron chi connectivity index (χ2n) is 7.89. The minimum atomic E-state index is -0.544. The number of amides is 2. The summed E-state index contributed by atoms with van der Waals surface area (Å²) in [6.45, 7) is 10.3. The molecular weight excluding hydrogens is 356 g/mol. The van der Waals surface area contributed by atoms with Crippen LogP contribution in [-0.4, -0.2) is 56.5 Å². The Bertz CT molecular complexity index is 880. The molecule has 1 saturated heterocycles. The maximum Gasteiger partial charge on any atom is 0.254 e. The minimum Gasteiger partial charge on any atom is -0.365 e. The summed E-state index contributed by atoms with van der Waals surface area (Å²) in [6.07, 6.45) is 4.43. The van der Waals surface area contributed by atoms with E-state index in [4.69, 9.17) is 5.73 Å². The molecule has 3 rings (SSSR count). The fraction of sp³-hybridized carbons (Fsp3) is 0.600. The number of primary amides is 1. The van der Waals surface area contributed by atoms with Gasteiger partial charge in [0.25, 0.3) is 5.91 Å². The third-order valence-electron chi connectivity index (χ3n) is 5.70. The average Bonchev–Trinajstić information content (AvgIpc) is 3.06. The first-order chi connectivity index (χ1) is 13.3. The first kappa shape index (κ1) is 20.3. The van der Waals surface area contributed by atoms with Crippen LogP contribution >= 0.6 is 0 Å². The third kappa shape index (κ3) is 4.16. The molecule has 28 heavy (non-hydrogen) atoms. The van der Waals surface area contributed by atoms with Gasteiger partial charge in [-0.15, -0.1) is 0 Å². The number of rotatable bonds is 6. The maximum atomic E-state index is 12.5. The van der Waals surface area contributed by atoms with Gasteiger partial charge in [0.1, 0.15) is 5.56 Å². The summed E-state index contributed by atoms with van der Waals surface area (Å²) in [7, 11) is 0. The van der Waals surface area contributed by atoms with Crippen LogP contribution in [0.1, 0.15) is 60.4 Å². The van der Waals surface area contributed by atoms with Gasteiger partial charge < -0.3 is 16.0 Å². The number of hydrogen-bond donors (Lipinski definition) is 2. The van der Waals surface area contributed by atoms with E-state index in [0.29, 0.717) is 30.1 Å². The Hall–Kier alpha value is -2.48. The SMILES string of the molecule is Cc1nc2c(C(N)=O)cnn2c(C)c1CCC(=O)NC1CCN(C(C)C)CC1. The van der Waals surface area contributed by atoms with Gasteiger partial charge in [-0.25, -0.2) is 9.50 Å². The molecule has 1 aliphatic rings. The van der Waals surface area contributed by atoms with Crippen LogP contribution in [0, 0.1) is 13.8 Å². The molecule has 3 N–H and O–H groups in total. The van der Waals surface area contributed by atoms with E-state index in [1.807, 2.05) is 13.8 Å². The number of carbonyl (C=O) groups excluding carboxylic acids is 2. The van der Waals surface area contributed by atoms with Gasteiger partial charge in [-0.3, -0.25) is 9.59 Å². The molecule has 2 amide bonds. The van der Waals surface area contributed by atoms with E-state index in [2.05, 4.69) is 34.1 Å². The molecule has 0 bridgehead atoms. The van der Waals surface area contributed by atoms with Crippen LogP contribution in [0.4, 0.5) is 0 Å². The first-order valence-corrected chi connectivity index (χ1v) is 9.95. The Labute approximate surface area is 165 Å². The Morgan fingerprint density at radius 2 is 1.96 bits per heavy atom. The molecule has 0 aromatic carbocycles. The van der Waals surface area contributed by atoms with Crippen LogP contribution in [0.2, 0.25) is 0 Å². The summed E-state index contributed by atoms with van der Waals surface area (Å²) in [4.78, 5) is 30.9. The lowest BCUT2D eigenvalue weighted by molar-refractivity contribution is -0.122. The largest absolute Gasteiger partial charge is 0.365 e. The molecule has 2 aromatic rings. The van der Waals surface area contributed by atoms with Crippen LogP contribution in [0.25, 0.3) is 5.65 Å². The Kier molecular flexibility index (Phi) is 5.98. The first-order valence-electron chi connectivity index (χ1n) is 9.95. The van der Waals surface area contributed by atoms with Crippen molar-refractivity contribution in [1.29, 1.82) is 0 Å². The monoisotopic (exact) mass is 386 g/mol. The molecule has 2 aromatic heterocycles. The Balaban J connectivity index is 1.62. The summed E-state index contributed by atoms with van der Waals surface area (Å²) in [5, 5.41) is 7.41. The number of likely N-dealkylation sites (tertiary alicyclic amines) is 1. The molecule has 0 spiro atoms. The molecule has 0 saturated carbocycles. The van der Waals surface area contributed by atoms with Gasteiger partial charge >= 0.3 is 0 Å². The van der Waals surface area contributed by atoms with Crippen molar-refractivity contribution in [1.82, 2.24) is 24.8 Å². The van der Waals surface area contributed by atoms with Crippen molar-refractivity contribution < 1.29 is 9.59 Å². The molecule has 3 heterocycles. The zero-order chi connectivity index (χ0) is 20.4. The van der Waals surface area contributed by atoms with Gasteiger partial charge in [-0.1, -0.05) is 0 Å². The number of nitrogens with zero attached hydrogens (tertiary/aromatic N) is 4. The highest BCUT2D eigenvalue weighted by molar-refractivity contribution is 5.98. The average molecular weight is 387 g/mol. The van der Waals surface area contributed by atoms with Gasteiger partial charge in [0.05, 0.1) is 6.20 Å². The van der Waals surface area contributed by atoms with Crippen molar-refractivity contribution in [2.75, 3.05) is 13.1 Å². The van der Waals surface area contributed by atoms with E-state index in [1.165, 1.54) is 6.20 Å². The standard InChI is InChI=1S/C20H30N6O2/c1-12(2)25-9-7-15(8-10-25)24-18(27)6-5-16-13(3)23-20-17(19(21)28)11-22-26(20)14(16)4/h11-12,15H,5-10H2,1-4H3,(H2,21,28)(H,24,27). The third-order valence-corrected chi connectivity index (χ3v) is 5.70. The smallest absolute Gasteiger partial charge is 0.254 e. The topological polar surface area (TPSA) is 106 Å². The zero-order valence-electron chi connectivity index (χ0n) is 17.2. The van der Waals surface area contributed by atoms with Crippen molar-refractivity contribution in [3.05, 3.63) is 28.7 Å². The van der Waals surface area contributed by atoms with Gasteiger partial charge in [0.2, 0.25) is 5.91 Å². The van der Waals surface area contributed by atoms with Gasteiger partial charge in [-0.05, 0) is 52.5 Å². The van der Waals surface area contributed by atoms with Crippen molar-refractivity contribution in [2.45, 2.75) is 65.5 Å². The number of piperidine rings is 1. The highest BCUT2D eigenvalue weighted by atomic mass is 16.2. The number of hydrogen-bond acceptors (Lipinski definition) is 5. The summed E-state index contributed by atoms with van der Waals surface area (Å²) < 4.78 is 1.63. The lowest BCUT2D eigenvalue weighted by Crippen LogP contribution is -2.46. The number of aromatic nitrogens is 3. The lowest BCUT2D eigenvalue weighted by Gasteiger charge is -2.34. The highest BCUT2D eigenvalue weighted by Crippen LogP contribution is 2.19. The molecular formula is C20H30N6O2. The summed E-state index contributed by atoms with van der Waals surface area (Å²) >= 11 is 0. The predicted octanol–water partition coefficient (Wildman–Crippen LogP) is 1.37. The van der Waals surface area contributed by atoms with Gasteiger partial charge in [-0.2, -0.15) is 5.10 Å². The highest BCUT2D eigenvalue weighted by Gasteiger charge is 2.22. The second-order valence-corrected chi connectivity index (χ2v) is 7.89. The number of aryl methyl sites for hydroxylation is 2. The molecule has 8 nitrogen and oxygen atoms in total. The van der Waals surface area contributed by atoms with Crippen molar-refractivity contribution >= 4 is 17.5 Å². The van der Waals surface area contributed by atoms with Crippen molar-refractivity contribution in [3.8, 4) is 0 Å². The normalized spacial score (nSPS) is 16.0. The molecule has 152 valence electrons. The molecule has 0 unspecified atom stereocenters. The van der Waals surface area contributed by atoms with Crippen molar-refractivity contribution in [2.24, 2.45) is 5.73 Å². The van der Waals surface area contributed by atoms with Crippen LogP contribution in [0.5, 0.6) is 0 Å². The minimum absolute atomic E-state index is 0.0696. The van der Waals surface area contributed by atoms with Crippen LogP contribution in [0.3, 0.4) is 0 Å². The van der Waals surface area contributed by atoms with Crippen molar-refractivity contribution in [3.63, 3.8) is 0 Å². The van der Waals surface area contributed by atoms with E-state index in [9.17, 15) is 9.59 Å². The number of fused-ring (bicyclic) bond motifs is 1. The van der Waals surface area contributed by atoms with E-state index in [0.717, 1.165) is 42.9 Å². The summed E-state index contributed by atoms with van der Waals surface area (Å²) in [5.74, 6) is -0.475. The van der Waals surface area contributed by atoms with E-state index in [-0.39, 0.29) is 11.9 Å². The fourth-order valence-electron chi connectivity index (χ4n) is 3.95. The van der Waals surface area contributed by atoms with Crippen LogP contribution < -0.4 is 11.1 Å². The molecule has 0 aliphatic carbocycles. The fourth-order valence-corrected chi connectivity index (χ4v) is 3.95. The number of carbonyl (C=O) groups is 2. The second kappa shape index (κ2) is 8.26. The van der Waals surface area contributed by atoms with Gasteiger partial charge in [0, 0.05) is 43.0 Å². The Morgan fingerprint density at radius 1 is 1.29 bits per heavy atom.